The van der Waals surface area contributed by atoms with E-state index < -0.39 is 11.8 Å². The van der Waals surface area contributed by atoms with Crippen molar-refractivity contribution in [3.8, 4) is 5.69 Å². The maximum Gasteiger partial charge on any atom is 0.269 e. The number of tetrazole rings is 1. The van der Waals surface area contributed by atoms with Crippen molar-refractivity contribution >= 4 is 29.5 Å². The first-order valence-corrected chi connectivity index (χ1v) is 10.7. The van der Waals surface area contributed by atoms with Crippen molar-refractivity contribution in [2.24, 2.45) is 0 Å². The largest absolute Gasteiger partial charge is 0.269 e. The van der Waals surface area contributed by atoms with Gasteiger partial charge in [0.1, 0.15) is 6.33 Å². The van der Waals surface area contributed by atoms with E-state index in [2.05, 4.69) is 31.5 Å². The lowest BCUT2D eigenvalue weighted by Crippen LogP contribution is -2.40. The fourth-order valence-corrected chi connectivity index (χ4v) is 3.53. The molecular weight excluding hydrogens is 456 g/mol. The number of aryl methyl sites for hydroxylation is 1. The highest BCUT2D eigenvalue weighted by Crippen LogP contribution is 2.20. The molecule has 34 heavy (non-hydrogen) atoms. The molecule has 0 saturated heterocycles. The molecule has 0 bridgehead atoms. The number of nitrogens with one attached hydrogen (secondary N) is 2. The lowest BCUT2D eigenvalue weighted by Gasteiger charge is -2.07. The zero-order valence-corrected chi connectivity index (χ0v) is 19.2. The molecule has 11 heteroatoms. The van der Waals surface area contributed by atoms with Crippen LogP contribution in [-0.2, 0) is 11.3 Å². The molecule has 0 radical (unpaired) electrons. The standard InChI is InChI=1S/C23H21ClN8O2/c1-15-20(16(2)31(28-15)13-18-5-3-4-6-21(18)24)11-12-22(33)26-27-23(34)17-7-9-19(10-8-17)32-14-25-29-30-32/h3-12,14H,13H2,1-2H3,(H,26,33)(H,27,34)/b12-11+. The summed E-state index contributed by atoms with van der Waals surface area (Å²) in [5, 5.41) is 16.1. The van der Waals surface area contributed by atoms with Crippen molar-refractivity contribution in [3.05, 3.63) is 94.0 Å². The van der Waals surface area contributed by atoms with Crippen LogP contribution < -0.4 is 10.9 Å². The molecule has 10 nitrogen and oxygen atoms in total. The molecule has 0 atom stereocenters. The van der Waals surface area contributed by atoms with Gasteiger partial charge in [0.05, 0.1) is 17.9 Å². The summed E-state index contributed by atoms with van der Waals surface area (Å²) in [5.74, 6) is -0.929. The number of rotatable bonds is 6. The summed E-state index contributed by atoms with van der Waals surface area (Å²) >= 11 is 6.26. The van der Waals surface area contributed by atoms with E-state index in [1.54, 1.807) is 30.3 Å². The van der Waals surface area contributed by atoms with Crippen LogP contribution in [0.3, 0.4) is 0 Å². The number of carbonyl (C=O) groups excluding carboxylic acids is 2. The third-order valence-electron chi connectivity index (χ3n) is 5.16. The predicted octanol–water partition coefficient (Wildman–Crippen LogP) is 2.65. The summed E-state index contributed by atoms with van der Waals surface area (Å²) in [7, 11) is 0. The summed E-state index contributed by atoms with van der Waals surface area (Å²) in [4.78, 5) is 24.6. The molecule has 0 unspecified atom stereocenters. The fourth-order valence-electron chi connectivity index (χ4n) is 3.33. The zero-order chi connectivity index (χ0) is 24.1. The van der Waals surface area contributed by atoms with Gasteiger partial charge in [0.25, 0.3) is 11.8 Å². The molecule has 4 aromatic rings. The van der Waals surface area contributed by atoms with Crippen LogP contribution in [0.1, 0.15) is 32.9 Å². The van der Waals surface area contributed by atoms with Crippen LogP contribution in [0.5, 0.6) is 0 Å². The third kappa shape index (κ3) is 5.18. The number of halogens is 1. The Morgan fingerprint density at radius 3 is 2.53 bits per heavy atom. The Morgan fingerprint density at radius 2 is 1.82 bits per heavy atom. The van der Waals surface area contributed by atoms with E-state index in [0.717, 1.165) is 22.5 Å². The van der Waals surface area contributed by atoms with Gasteiger partial charge in [-0.05, 0) is 66.2 Å². The average Bonchev–Trinajstić information content (AvgIpc) is 3.46. The first kappa shape index (κ1) is 22.9. The first-order valence-electron chi connectivity index (χ1n) is 10.3. The van der Waals surface area contributed by atoms with E-state index in [4.69, 9.17) is 11.6 Å². The van der Waals surface area contributed by atoms with Gasteiger partial charge in [-0.3, -0.25) is 25.1 Å². The van der Waals surface area contributed by atoms with Crippen LogP contribution in [0.25, 0.3) is 11.8 Å². The second-order valence-electron chi connectivity index (χ2n) is 7.41. The maximum absolute atomic E-state index is 12.3. The smallest absolute Gasteiger partial charge is 0.268 e. The van der Waals surface area contributed by atoms with Crippen LogP contribution in [-0.4, -0.2) is 41.8 Å². The van der Waals surface area contributed by atoms with Gasteiger partial charge in [0, 0.05) is 27.9 Å². The highest BCUT2D eigenvalue weighted by Gasteiger charge is 2.12. The number of nitrogens with zero attached hydrogens (tertiary/aromatic N) is 6. The van der Waals surface area contributed by atoms with Crippen LogP contribution in [0.2, 0.25) is 5.02 Å². The second-order valence-corrected chi connectivity index (χ2v) is 7.82. The molecular formula is C23H21ClN8O2. The van der Waals surface area contributed by atoms with E-state index in [9.17, 15) is 9.59 Å². The Labute approximate surface area is 200 Å². The summed E-state index contributed by atoms with van der Waals surface area (Å²) in [6, 6.07) is 14.2. The van der Waals surface area contributed by atoms with E-state index in [0.29, 0.717) is 22.8 Å². The van der Waals surface area contributed by atoms with Crippen molar-refractivity contribution in [1.29, 1.82) is 0 Å². The molecule has 4 rings (SSSR count). The van der Waals surface area contributed by atoms with E-state index in [1.165, 1.54) is 17.1 Å². The van der Waals surface area contributed by atoms with Crippen molar-refractivity contribution < 1.29 is 9.59 Å². The second kappa shape index (κ2) is 10.1. The number of amides is 2. The Bertz CT molecular complexity index is 1340. The van der Waals surface area contributed by atoms with Gasteiger partial charge in [0.15, 0.2) is 0 Å². The van der Waals surface area contributed by atoms with Crippen LogP contribution >= 0.6 is 11.6 Å². The Morgan fingerprint density at radius 1 is 1.06 bits per heavy atom. The molecule has 2 heterocycles. The van der Waals surface area contributed by atoms with Crippen LogP contribution in [0.15, 0.2) is 60.9 Å². The minimum Gasteiger partial charge on any atom is -0.268 e. The normalized spacial score (nSPS) is 11.0. The quantitative estimate of drug-likeness (QED) is 0.326. The number of hydrogen-bond acceptors (Lipinski definition) is 6. The topological polar surface area (TPSA) is 120 Å². The van der Waals surface area contributed by atoms with Gasteiger partial charge in [-0.1, -0.05) is 29.8 Å². The molecule has 0 saturated carbocycles. The van der Waals surface area contributed by atoms with Crippen LogP contribution in [0, 0.1) is 13.8 Å². The molecule has 2 aromatic heterocycles. The number of aromatic nitrogens is 6. The Balaban J connectivity index is 1.35. The average molecular weight is 477 g/mol. The number of benzene rings is 2. The van der Waals surface area contributed by atoms with Crippen molar-refractivity contribution in [1.82, 2.24) is 40.8 Å². The lowest BCUT2D eigenvalue weighted by atomic mass is 10.1. The molecule has 2 aromatic carbocycles. The molecule has 2 amide bonds. The molecule has 172 valence electrons. The summed E-state index contributed by atoms with van der Waals surface area (Å²) in [6.07, 6.45) is 4.47. The molecule has 0 aliphatic rings. The van der Waals surface area contributed by atoms with Gasteiger partial charge in [-0.15, -0.1) is 5.10 Å². The Kier molecular flexibility index (Phi) is 6.79. The van der Waals surface area contributed by atoms with Gasteiger partial charge >= 0.3 is 0 Å². The molecule has 0 spiro atoms. The van der Waals surface area contributed by atoms with E-state index in [1.807, 2.05) is 42.8 Å². The maximum atomic E-state index is 12.3. The minimum atomic E-state index is -0.476. The minimum absolute atomic E-state index is 0.369. The van der Waals surface area contributed by atoms with Gasteiger partial charge in [-0.2, -0.15) is 5.10 Å². The van der Waals surface area contributed by atoms with Crippen molar-refractivity contribution in [2.75, 3.05) is 0 Å². The first-order chi connectivity index (χ1) is 16.4. The molecule has 0 aliphatic heterocycles. The third-order valence-corrected chi connectivity index (χ3v) is 5.53. The highest BCUT2D eigenvalue weighted by molar-refractivity contribution is 6.31. The molecule has 0 fully saturated rings. The van der Waals surface area contributed by atoms with Gasteiger partial charge in [-0.25, -0.2) is 4.68 Å². The SMILES string of the molecule is Cc1nn(Cc2ccccc2Cl)c(C)c1/C=C/C(=O)NNC(=O)c1ccc(-n2cnnn2)cc1. The van der Waals surface area contributed by atoms with E-state index in [-0.39, 0.29) is 0 Å². The molecule has 0 aliphatic carbocycles. The Hall–Kier alpha value is -4.31. The monoisotopic (exact) mass is 476 g/mol. The lowest BCUT2D eigenvalue weighted by molar-refractivity contribution is -0.117. The van der Waals surface area contributed by atoms with E-state index >= 15 is 0 Å². The van der Waals surface area contributed by atoms with Crippen molar-refractivity contribution in [3.63, 3.8) is 0 Å². The number of hydrogen-bond donors (Lipinski definition) is 2. The summed E-state index contributed by atoms with van der Waals surface area (Å²) in [6.45, 7) is 4.32. The fraction of sp³-hybridized carbons (Fsp3) is 0.130. The van der Waals surface area contributed by atoms with Gasteiger partial charge in [0.2, 0.25) is 0 Å². The van der Waals surface area contributed by atoms with Gasteiger partial charge < -0.3 is 0 Å². The predicted molar refractivity (Wildman–Crippen MR) is 126 cm³/mol. The van der Waals surface area contributed by atoms with Crippen LogP contribution in [0.4, 0.5) is 0 Å². The number of hydrazine groups is 1. The summed E-state index contributed by atoms with van der Waals surface area (Å²) < 4.78 is 3.31. The zero-order valence-electron chi connectivity index (χ0n) is 18.4. The molecule has 2 N–H and O–H groups in total. The highest BCUT2D eigenvalue weighted by atomic mass is 35.5. The number of carbonyl (C=O) groups is 2. The van der Waals surface area contributed by atoms with Crippen molar-refractivity contribution in [2.45, 2.75) is 20.4 Å². The summed E-state index contributed by atoms with van der Waals surface area (Å²) in [5.41, 5.74) is 9.30.